The number of carbonyl (C=O) groups is 1. The number of aliphatic hydroxyl groups excluding tert-OH is 2. The summed E-state index contributed by atoms with van der Waals surface area (Å²) >= 11 is 0. The van der Waals surface area contributed by atoms with E-state index >= 15 is 0 Å². The first-order valence-corrected chi connectivity index (χ1v) is 28.8. The van der Waals surface area contributed by atoms with Crippen molar-refractivity contribution in [3.8, 4) is 0 Å². The van der Waals surface area contributed by atoms with E-state index in [1.54, 1.807) is 0 Å². The van der Waals surface area contributed by atoms with Crippen LogP contribution in [0.2, 0.25) is 0 Å². The summed E-state index contributed by atoms with van der Waals surface area (Å²) < 4.78 is 23.5. The van der Waals surface area contributed by atoms with Gasteiger partial charge in [-0.3, -0.25) is 13.8 Å². The largest absolute Gasteiger partial charge is 0.472 e. The zero-order chi connectivity index (χ0) is 52.2. The molecular weight excluding hydrogens is 904 g/mol. The standard InChI is InChI=1S/C61H101N2O7P/c1-6-8-10-12-14-16-18-20-21-22-23-24-25-26-27-28-29-30-31-32-33-34-35-36-37-38-39-40-41-42-44-46-48-50-52-54-60(65)62-58(57-70-71(67,68)69-56-55-63(3,4)5)61(66)59(64)53-51-49-47-45-43-19-17-15-13-11-9-7-2/h8,10,14-17,20-21,23-24,26-27,29-30,32-33,35-36,38-39,41-42,45,47,58-59,61,64,66H,6-7,9,11-13,18-19,22,25,28,31,34,37,40,43-44,46,48-57H2,1-5H3,(H-,62,65,67,68)/p+1/b10-8-,16-14-,17-15+,21-20-,24-23-,27-26-,30-29-,33-32-,36-35-,39-38-,42-41-,47-45+. The van der Waals surface area contributed by atoms with Crippen LogP contribution in [0.25, 0.3) is 0 Å². The molecule has 0 aromatic carbocycles. The number of quaternary nitrogens is 1. The lowest BCUT2D eigenvalue weighted by Crippen LogP contribution is -2.51. The number of unbranched alkanes of at least 4 members (excludes halogenated alkanes) is 9. The van der Waals surface area contributed by atoms with Gasteiger partial charge in [-0.15, -0.1) is 0 Å². The lowest BCUT2D eigenvalue weighted by atomic mass is 10.0. The van der Waals surface area contributed by atoms with Crippen molar-refractivity contribution in [3.05, 3.63) is 146 Å². The minimum absolute atomic E-state index is 0.000306. The average Bonchev–Trinajstić information content (AvgIpc) is 3.33. The van der Waals surface area contributed by atoms with Gasteiger partial charge in [-0.05, 0) is 128 Å². The van der Waals surface area contributed by atoms with Gasteiger partial charge in [0.05, 0.1) is 39.9 Å². The molecule has 10 heteroatoms. The Kier molecular flexibility index (Phi) is 47.3. The van der Waals surface area contributed by atoms with E-state index in [9.17, 15) is 24.5 Å². The molecule has 4 N–H and O–H groups in total. The predicted molar refractivity (Wildman–Crippen MR) is 305 cm³/mol. The van der Waals surface area contributed by atoms with Gasteiger partial charge in [0.2, 0.25) is 5.91 Å². The summed E-state index contributed by atoms with van der Waals surface area (Å²) in [5.74, 6) is -0.305. The van der Waals surface area contributed by atoms with Crippen molar-refractivity contribution in [3.63, 3.8) is 0 Å². The maximum absolute atomic E-state index is 13.0. The van der Waals surface area contributed by atoms with Gasteiger partial charge in [0, 0.05) is 6.42 Å². The molecule has 0 bridgehead atoms. The molecule has 0 radical (unpaired) electrons. The number of carbonyl (C=O) groups excluding carboxylic acids is 1. The van der Waals surface area contributed by atoms with Crippen molar-refractivity contribution in [2.24, 2.45) is 0 Å². The third-order valence-corrected chi connectivity index (χ3v) is 12.1. The fraction of sp³-hybridized carbons (Fsp3) is 0.590. The highest BCUT2D eigenvalue weighted by atomic mass is 31.2. The number of aliphatic hydroxyl groups is 2. The highest BCUT2D eigenvalue weighted by Crippen LogP contribution is 2.43. The van der Waals surface area contributed by atoms with E-state index in [1.807, 2.05) is 21.1 Å². The van der Waals surface area contributed by atoms with Crippen LogP contribution in [-0.2, 0) is 18.4 Å². The van der Waals surface area contributed by atoms with E-state index in [2.05, 4.69) is 165 Å². The summed E-state index contributed by atoms with van der Waals surface area (Å²) in [7, 11) is 1.36. The van der Waals surface area contributed by atoms with Crippen molar-refractivity contribution in [2.45, 2.75) is 193 Å². The number of rotatable bonds is 47. The van der Waals surface area contributed by atoms with Crippen LogP contribution in [0.4, 0.5) is 0 Å². The fourth-order valence-electron chi connectivity index (χ4n) is 6.83. The number of allylic oxidation sites excluding steroid dienone is 24. The minimum atomic E-state index is -4.45. The molecule has 0 saturated carbocycles. The SMILES string of the molecule is CC/C=C\C/C=C\C/C=C\C/C=C\C/C=C\C/C=C\C/C=C\C/C=C\C/C=C\C/C=C\CCCCCCC(=O)NC(COP(=O)(O)OCC[N+](C)(C)C)C(O)C(O)CCC/C=C/CC/C=C/CCCCC. The minimum Gasteiger partial charge on any atom is -0.390 e. The third kappa shape index (κ3) is 51.1. The van der Waals surface area contributed by atoms with Crippen LogP contribution < -0.4 is 5.32 Å². The monoisotopic (exact) mass is 1010 g/mol. The first-order valence-electron chi connectivity index (χ1n) is 27.3. The summed E-state index contributed by atoms with van der Waals surface area (Å²) in [6, 6.07) is -1.08. The number of phosphoric ester groups is 1. The molecule has 0 aromatic rings. The zero-order valence-electron chi connectivity index (χ0n) is 45.3. The first kappa shape index (κ1) is 67.3. The summed E-state index contributed by atoms with van der Waals surface area (Å²) in [4.78, 5) is 23.3. The van der Waals surface area contributed by atoms with E-state index in [1.165, 1.54) is 19.3 Å². The van der Waals surface area contributed by atoms with E-state index < -0.39 is 32.7 Å². The Labute approximate surface area is 434 Å². The summed E-state index contributed by atoms with van der Waals surface area (Å²) in [5.41, 5.74) is 0. The lowest BCUT2D eigenvalue weighted by Gasteiger charge is -2.28. The van der Waals surface area contributed by atoms with Crippen LogP contribution in [0.3, 0.4) is 0 Å². The molecule has 0 aromatic heterocycles. The van der Waals surface area contributed by atoms with Gasteiger partial charge in [-0.1, -0.05) is 185 Å². The Morgan fingerprint density at radius 2 is 0.887 bits per heavy atom. The quantitative estimate of drug-likeness (QED) is 0.0207. The van der Waals surface area contributed by atoms with E-state index in [0.717, 1.165) is 116 Å². The Hall–Kier alpha value is -3.66. The number of hydrogen-bond acceptors (Lipinski definition) is 6. The Bertz CT molecular complexity index is 1680. The van der Waals surface area contributed by atoms with Crippen molar-refractivity contribution < 1.29 is 38.0 Å². The third-order valence-electron chi connectivity index (χ3n) is 11.1. The molecule has 0 rings (SSSR count). The Balaban J connectivity index is 4.35. The molecule has 402 valence electrons. The Morgan fingerprint density at radius 1 is 0.507 bits per heavy atom. The van der Waals surface area contributed by atoms with Gasteiger partial charge in [-0.25, -0.2) is 4.57 Å². The van der Waals surface area contributed by atoms with Crippen molar-refractivity contribution in [2.75, 3.05) is 40.9 Å². The highest BCUT2D eigenvalue weighted by molar-refractivity contribution is 7.47. The van der Waals surface area contributed by atoms with Crippen LogP contribution in [0.1, 0.15) is 174 Å². The molecule has 0 aliphatic carbocycles. The molecule has 0 spiro atoms. The van der Waals surface area contributed by atoms with E-state index in [0.29, 0.717) is 30.3 Å². The molecule has 4 atom stereocenters. The van der Waals surface area contributed by atoms with Gasteiger partial charge < -0.3 is 24.9 Å². The molecule has 71 heavy (non-hydrogen) atoms. The van der Waals surface area contributed by atoms with Gasteiger partial charge >= 0.3 is 7.82 Å². The maximum Gasteiger partial charge on any atom is 0.472 e. The van der Waals surface area contributed by atoms with Gasteiger partial charge in [0.1, 0.15) is 19.3 Å². The molecule has 9 nitrogen and oxygen atoms in total. The second-order valence-electron chi connectivity index (χ2n) is 19.0. The molecule has 0 fully saturated rings. The van der Waals surface area contributed by atoms with Crippen molar-refractivity contribution in [1.82, 2.24) is 5.32 Å². The number of nitrogens with one attached hydrogen (secondary N) is 1. The van der Waals surface area contributed by atoms with Gasteiger partial charge in [0.15, 0.2) is 0 Å². The molecule has 1 amide bonds. The van der Waals surface area contributed by atoms with Crippen LogP contribution in [0.15, 0.2) is 146 Å². The Morgan fingerprint density at radius 3 is 1.32 bits per heavy atom. The smallest absolute Gasteiger partial charge is 0.390 e. The van der Waals surface area contributed by atoms with E-state index in [4.69, 9.17) is 9.05 Å². The van der Waals surface area contributed by atoms with Crippen LogP contribution in [0.5, 0.6) is 0 Å². The number of likely N-dealkylation sites (N-methyl/N-ethyl adjacent to an activating group) is 1. The predicted octanol–water partition coefficient (Wildman–Crippen LogP) is 15.5. The molecule has 0 aliphatic rings. The molecule has 0 heterocycles. The number of amides is 1. The van der Waals surface area contributed by atoms with Crippen LogP contribution >= 0.6 is 7.82 Å². The van der Waals surface area contributed by atoms with Crippen LogP contribution in [0, 0.1) is 0 Å². The molecular formula is C61H102N2O7P+. The van der Waals surface area contributed by atoms with Crippen molar-refractivity contribution in [1.29, 1.82) is 0 Å². The number of phosphoric acid groups is 1. The summed E-state index contributed by atoms with van der Waals surface area (Å²) in [6.45, 7) is 4.38. The average molecular weight is 1010 g/mol. The van der Waals surface area contributed by atoms with Gasteiger partial charge in [-0.2, -0.15) is 0 Å². The zero-order valence-corrected chi connectivity index (χ0v) is 46.2. The molecule has 4 unspecified atom stereocenters. The van der Waals surface area contributed by atoms with Crippen LogP contribution in [-0.4, -0.2) is 84.6 Å². The maximum atomic E-state index is 13.0. The lowest BCUT2D eigenvalue weighted by molar-refractivity contribution is -0.870. The normalized spacial score (nSPS) is 15.5. The first-order chi connectivity index (χ1) is 34.4. The number of hydrogen-bond donors (Lipinski definition) is 4. The molecule has 0 aliphatic heterocycles. The summed E-state index contributed by atoms with van der Waals surface area (Å²) in [5, 5.41) is 24.7. The van der Waals surface area contributed by atoms with E-state index in [-0.39, 0.29) is 18.9 Å². The second kappa shape index (κ2) is 49.9. The van der Waals surface area contributed by atoms with Gasteiger partial charge in [0.25, 0.3) is 0 Å². The highest BCUT2D eigenvalue weighted by Gasteiger charge is 2.31. The summed E-state index contributed by atoms with van der Waals surface area (Å²) in [6.07, 6.45) is 73.6. The molecule has 0 saturated heterocycles. The topological polar surface area (TPSA) is 125 Å². The second-order valence-corrected chi connectivity index (χ2v) is 20.4. The number of nitrogens with zero attached hydrogens (tertiary/aromatic N) is 1. The fourth-order valence-corrected chi connectivity index (χ4v) is 7.57. The van der Waals surface area contributed by atoms with Crippen molar-refractivity contribution >= 4 is 13.7 Å².